The van der Waals surface area contributed by atoms with Crippen molar-refractivity contribution >= 4 is 5.91 Å². The second-order valence-electron chi connectivity index (χ2n) is 6.33. The van der Waals surface area contributed by atoms with Crippen molar-refractivity contribution in [2.24, 2.45) is 5.92 Å². The van der Waals surface area contributed by atoms with E-state index in [9.17, 15) is 9.90 Å². The molecule has 19 heavy (non-hydrogen) atoms. The minimum absolute atomic E-state index is 0.236. The molecule has 1 atom stereocenters. The Labute approximate surface area is 114 Å². The Kier molecular flexibility index (Phi) is 3.78. The molecule has 1 saturated carbocycles. The third-order valence-electron chi connectivity index (χ3n) is 4.47. The van der Waals surface area contributed by atoms with E-state index in [0.717, 1.165) is 26.3 Å². The maximum absolute atomic E-state index is 12.1. The Morgan fingerprint density at radius 1 is 1.26 bits per heavy atom. The Morgan fingerprint density at radius 2 is 2.00 bits per heavy atom. The van der Waals surface area contributed by atoms with E-state index >= 15 is 0 Å². The van der Waals surface area contributed by atoms with Gasteiger partial charge in [0.15, 0.2) is 0 Å². The molecule has 5 nitrogen and oxygen atoms in total. The van der Waals surface area contributed by atoms with Crippen LogP contribution in [0.2, 0.25) is 0 Å². The molecule has 0 aromatic carbocycles. The van der Waals surface area contributed by atoms with Crippen LogP contribution >= 0.6 is 0 Å². The van der Waals surface area contributed by atoms with Gasteiger partial charge in [0.2, 0.25) is 5.91 Å². The standard InChI is InChI=1S/C14H24N2O3/c17-13(9-12-1-2-12)16-4-3-14(18,11-16)10-15-5-7-19-8-6-15/h12,18H,1-11H2/t14-/m1/s1. The summed E-state index contributed by atoms with van der Waals surface area (Å²) >= 11 is 0. The number of likely N-dealkylation sites (tertiary alicyclic amines) is 1. The van der Waals surface area contributed by atoms with Gasteiger partial charge >= 0.3 is 0 Å². The smallest absolute Gasteiger partial charge is 0.222 e. The Balaban J connectivity index is 1.49. The first-order chi connectivity index (χ1) is 9.15. The van der Waals surface area contributed by atoms with Crippen LogP contribution in [-0.4, -0.2) is 72.4 Å². The Bertz CT molecular complexity index is 340. The molecule has 0 unspecified atom stereocenters. The van der Waals surface area contributed by atoms with Gasteiger partial charge in [0, 0.05) is 32.6 Å². The summed E-state index contributed by atoms with van der Waals surface area (Å²) in [4.78, 5) is 16.2. The summed E-state index contributed by atoms with van der Waals surface area (Å²) in [5.74, 6) is 0.862. The first kappa shape index (κ1) is 13.3. The third kappa shape index (κ3) is 3.46. The van der Waals surface area contributed by atoms with Crippen LogP contribution in [0.1, 0.15) is 25.7 Å². The predicted octanol–water partition coefficient (Wildman–Crippen LogP) is 0.0821. The van der Waals surface area contributed by atoms with Gasteiger partial charge in [0.1, 0.15) is 0 Å². The highest BCUT2D eigenvalue weighted by molar-refractivity contribution is 5.77. The van der Waals surface area contributed by atoms with Crippen LogP contribution in [0.3, 0.4) is 0 Å². The Hall–Kier alpha value is -0.650. The molecule has 3 aliphatic rings. The van der Waals surface area contributed by atoms with Crippen LogP contribution in [-0.2, 0) is 9.53 Å². The third-order valence-corrected chi connectivity index (χ3v) is 4.47. The second kappa shape index (κ2) is 5.38. The van der Waals surface area contributed by atoms with Crippen LogP contribution in [0.15, 0.2) is 0 Å². The molecule has 1 N–H and O–H groups in total. The van der Waals surface area contributed by atoms with Gasteiger partial charge in [-0.15, -0.1) is 0 Å². The second-order valence-corrected chi connectivity index (χ2v) is 6.33. The van der Waals surface area contributed by atoms with Gasteiger partial charge in [-0.05, 0) is 25.2 Å². The highest BCUT2D eigenvalue weighted by Crippen LogP contribution is 2.34. The van der Waals surface area contributed by atoms with Gasteiger partial charge in [-0.2, -0.15) is 0 Å². The molecule has 2 saturated heterocycles. The van der Waals surface area contributed by atoms with E-state index in [-0.39, 0.29) is 5.91 Å². The van der Waals surface area contributed by atoms with Crippen molar-refractivity contribution in [3.05, 3.63) is 0 Å². The van der Waals surface area contributed by atoms with Gasteiger partial charge < -0.3 is 14.7 Å². The van der Waals surface area contributed by atoms with Crippen molar-refractivity contribution in [1.29, 1.82) is 0 Å². The number of hydrogen-bond donors (Lipinski definition) is 1. The van der Waals surface area contributed by atoms with Crippen LogP contribution < -0.4 is 0 Å². The quantitative estimate of drug-likeness (QED) is 0.785. The van der Waals surface area contributed by atoms with Gasteiger partial charge in [-0.1, -0.05) is 0 Å². The number of carbonyl (C=O) groups excluding carboxylic acids is 1. The summed E-state index contributed by atoms with van der Waals surface area (Å²) in [6.07, 6.45) is 3.81. The number of carbonyl (C=O) groups is 1. The summed E-state index contributed by atoms with van der Waals surface area (Å²) in [7, 11) is 0. The fourth-order valence-corrected chi connectivity index (χ4v) is 3.07. The fraction of sp³-hybridized carbons (Fsp3) is 0.929. The summed E-state index contributed by atoms with van der Waals surface area (Å²) in [5, 5.41) is 10.6. The summed E-state index contributed by atoms with van der Waals surface area (Å²) in [6.45, 7) is 5.17. The lowest BCUT2D eigenvalue weighted by atomic mass is 10.0. The molecule has 3 fully saturated rings. The average molecular weight is 268 g/mol. The molecule has 2 heterocycles. The van der Waals surface area contributed by atoms with E-state index in [0.29, 0.717) is 38.4 Å². The maximum atomic E-state index is 12.1. The first-order valence-electron chi connectivity index (χ1n) is 7.45. The minimum atomic E-state index is -0.712. The first-order valence-corrected chi connectivity index (χ1v) is 7.45. The molecule has 0 bridgehead atoms. The van der Waals surface area contributed by atoms with E-state index in [1.807, 2.05) is 4.90 Å². The topological polar surface area (TPSA) is 53.0 Å². The molecular formula is C14H24N2O3. The van der Waals surface area contributed by atoms with E-state index < -0.39 is 5.60 Å². The summed E-state index contributed by atoms with van der Waals surface area (Å²) in [5.41, 5.74) is -0.712. The number of amides is 1. The molecule has 0 aromatic heterocycles. The fourth-order valence-electron chi connectivity index (χ4n) is 3.07. The predicted molar refractivity (Wildman–Crippen MR) is 70.7 cm³/mol. The van der Waals surface area contributed by atoms with Crippen LogP contribution in [0, 0.1) is 5.92 Å². The van der Waals surface area contributed by atoms with E-state index in [1.165, 1.54) is 12.8 Å². The van der Waals surface area contributed by atoms with Gasteiger partial charge in [0.25, 0.3) is 0 Å². The number of nitrogens with zero attached hydrogens (tertiary/aromatic N) is 2. The van der Waals surface area contributed by atoms with Crippen molar-refractivity contribution in [3.8, 4) is 0 Å². The van der Waals surface area contributed by atoms with Crippen molar-refractivity contribution in [1.82, 2.24) is 9.80 Å². The van der Waals surface area contributed by atoms with Gasteiger partial charge in [-0.3, -0.25) is 9.69 Å². The molecule has 1 aliphatic carbocycles. The zero-order chi connectivity index (χ0) is 13.3. The van der Waals surface area contributed by atoms with Gasteiger partial charge in [-0.25, -0.2) is 0 Å². The highest BCUT2D eigenvalue weighted by Gasteiger charge is 2.40. The molecular weight excluding hydrogens is 244 g/mol. The maximum Gasteiger partial charge on any atom is 0.222 e. The monoisotopic (exact) mass is 268 g/mol. The van der Waals surface area contributed by atoms with Gasteiger partial charge in [0.05, 0.1) is 25.4 Å². The zero-order valence-corrected chi connectivity index (χ0v) is 11.5. The molecule has 3 rings (SSSR count). The Morgan fingerprint density at radius 3 is 2.68 bits per heavy atom. The highest BCUT2D eigenvalue weighted by atomic mass is 16.5. The van der Waals surface area contributed by atoms with E-state index in [2.05, 4.69) is 4.90 Å². The largest absolute Gasteiger partial charge is 0.387 e. The van der Waals surface area contributed by atoms with Crippen LogP contribution in [0.25, 0.3) is 0 Å². The lowest BCUT2D eigenvalue weighted by Crippen LogP contribution is -2.49. The lowest BCUT2D eigenvalue weighted by molar-refractivity contribution is -0.131. The van der Waals surface area contributed by atoms with Crippen molar-refractivity contribution in [2.75, 3.05) is 45.9 Å². The minimum Gasteiger partial charge on any atom is -0.387 e. The van der Waals surface area contributed by atoms with Crippen LogP contribution in [0.4, 0.5) is 0 Å². The molecule has 0 aromatic rings. The number of hydrogen-bond acceptors (Lipinski definition) is 4. The van der Waals surface area contributed by atoms with Crippen LogP contribution in [0.5, 0.6) is 0 Å². The van der Waals surface area contributed by atoms with Crippen molar-refractivity contribution in [3.63, 3.8) is 0 Å². The molecule has 108 valence electrons. The number of ether oxygens (including phenoxy) is 1. The SMILES string of the molecule is O=C(CC1CC1)N1CC[C@@](O)(CN2CCOCC2)C1. The average Bonchev–Trinajstić information content (AvgIpc) is 3.12. The molecule has 0 radical (unpaired) electrons. The van der Waals surface area contributed by atoms with E-state index in [1.54, 1.807) is 0 Å². The lowest BCUT2D eigenvalue weighted by Gasteiger charge is -2.33. The summed E-state index contributed by atoms with van der Waals surface area (Å²) in [6, 6.07) is 0. The number of rotatable bonds is 4. The molecule has 0 spiro atoms. The molecule has 2 aliphatic heterocycles. The zero-order valence-electron chi connectivity index (χ0n) is 11.5. The number of aliphatic hydroxyl groups is 1. The number of morpholine rings is 1. The normalized spacial score (nSPS) is 32.8. The molecule has 5 heteroatoms. The van der Waals surface area contributed by atoms with Crippen molar-refractivity contribution < 1.29 is 14.6 Å². The summed E-state index contributed by atoms with van der Waals surface area (Å²) < 4.78 is 5.32. The number of β-amino-alcohol motifs (C(OH)–C–C–N with tert-alkyl or cyclic N) is 1. The van der Waals surface area contributed by atoms with E-state index in [4.69, 9.17) is 4.74 Å². The van der Waals surface area contributed by atoms with Crippen molar-refractivity contribution in [2.45, 2.75) is 31.3 Å². The molecule has 1 amide bonds.